The van der Waals surface area contributed by atoms with Crippen molar-refractivity contribution >= 4 is 27.3 Å². The number of nitrogens with one attached hydrogen (secondary N) is 1. The van der Waals surface area contributed by atoms with E-state index >= 15 is 0 Å². The van der Waals surface area contributed by atoms with Crippen LogP contribution in [0.3, 0.4) is 0 Å². The molecule has 1 aromatic heterocycles. The number of rotatable bonds is 4. The summed E-state index contributed by atoms with van der Waals surface area (Å²) in [6.07, 6.45) is 0. The minimum absolute atomic E-state index is 0.249. The van der Waals surface area contributed by atoms with Gasteiger partial charge < -0.3 is 4.52 Å². The molecular weight excluding hydrogens is 324 g/mol. The second-order valence-electron chi connectivity index (χ2n) is 4.51. The quantitative estimate of drug-likeness (QED) is 0.787. The molecule has 2 aromatic carbocycles. The van der Waals surface area contributed by atoms with Crippen LogP contribution in [-0.4, -0.2) is 13.6 Å². The first-order valence-corrected chi connectivity index (χ1v) is 8.21. The first kappa shape index (κ1) is 14.6. The van der Waals surface area contributed by atoms with Crippen LogP contribution in [0, 0.1) is 0 Å². The zero-order chi connectivity index (χ0) is 15.6. The average molecular weight is 335 g/mol. The number of anilines is 1. The maximum Gasteiger partial charge on any atom is 0.298 e. The highest BCUT2D eigenvalue weighted by atomic mass is 35.5. The van der Waals surface area contributed by atoms with Gasteiger partial charge in [-0.3, -0.25) is 4.72 Å². The van der Waals surface area contributed by atoms with E-state index in [0.717, 1.165) is 0 Å². The molecule has 22 heavy (non-hydrogen) atoms. The summed E-state index contributed by atoms with van der Waals surface area (Å²) in [5.41, 5.74) is 1.59. The van der Waals surface area contributed by atoms with Gasteiger partial charge in [-0.15, -0.1) is 0 Å². The molecule has 7 heteroatoms. The molecule has 0 atom stereocenters. The summed E-state index contributed by atoms with van der Waals surface area (Å²) in [6.45, 7) is 0. The highest BCUT2D eigenvalue weighted by molar-refractivity contribution is 7.92. The van der Waals surface area contributed by atoms with E-state index < -0.39 is 10.0 Å². The minimum atomic E-state index is -3.81. The number of sulfonamides is 1. The molecule has 0 bridgehead atoms. The van der Waals surface area contributed by atoms with Crippen molar-refractivity contribution in [2.75, 3.05) is 4.72 Å². The summed E-state index contributed by atoms with van der Waals surface area (Å²) in [7, 11) is -3.81. The minimum Gasteiger partial charge on any atom is -0.342 e. The molecule has 0 aliphatic rings. The van der Waals surface area contributed by atoms with E-state index in [1.807, 2.05) is 0 Å². The largest absolute Gasteiger partial charge is 0.342 e. The third kappa shape index (κ3) is 3.13. The fraction of sp³-hybridized carbons (Fsp3) is 0. The van der Waals surface area contributed by atoms with Gasteiger partial charge in [-0.05, 0) is 24.3 Å². The Morgan fingerprint density at radius 3 is 2.36 bits per heavy atom. The van der Waals surface area contributed by atoms with Crippen LogP contribution in [-0.2, 0) is 10.0 Å². The number of para-hydroxylation sites is 1. The molecule has 0 radical (unpaired) electrons. The summed E-state index contributed by atoms with van der Waals surface area (Å²) in [6, 6.07) is 16.8. The van der Waals surface area contributed by atoms with Crippen molar-refractivity contribution in [3.63, 3.8) is 0 Å². The molecule has 0 spiro atoms. The summed E-state index contributed by atoms with van der Waals surface area (Å²) in [5.74, 6) is 0. The fourth-order valence-corrected chi connectivity index (χ4v) is 2.93. The molecule has 0 saturated heterocycles. The molecule has 0 amide bonds. The van der Waals surface area contributed by atoms with Crippen LogP contribution >= 0.6 is 11.6 Å². The van der Waals surface area contributed by atoms with Crippen molar-refractivity contribution in [1.82, 2.24) is 5.16 Å². The number of nitrogens with zero attached hydrogens (tertiary/aromatic N) is 1. The van der Waals surface area contributed by atoms with Crippen LogP contribution in [0.5, 0.6) is 0 Å². The molecular formula is C15H11ClN2O3S. The fourth-order valence-electron chi connectivity index (χ4n) is 1.85. The van der Waals surface area contributed by atoms with Crippen LogP contribution in [0.25, 0.3) is 11.3 Å². The normalized spacial score (nSPS) is 11.3. The average Bonchev–Trinajstić information content (AvgIpc) is 2.99. The number of benzene rings is 2. The van der Waals surface area contributed by atoms with Gasteiger partial charge in [0.2, 0.25) is 0 Å². The Labute approximate surface area is 132 Å². The maximum atomic E-state index is 12.2. The van der Waals surface area contributed by atoms with Crippen molar-refractivity contribution in [3.8, 4) is 11.3 Å². The van der Waals surface area contributed by atoms with Gasteiger partial charge in [0.15, 0.2) is 0 Å². The molecule has 1 heterocycles. The van der Waals surface area contributed by atoms with Gasteiger partial charge in [0.1, 0.15) is 5.69 Å². The van der Waals surface area contributed by atoms with E-state index in [1.54, 1.807) is 54.6 Å². The highest BCUT2D eigenvalue weighted by Crippen LogP contribution is 2.24. The predicted octanol–water partition coefficient (Wildman–Crippen LogP) is 3.80. The third-order valence-corrected chi connectivity index (χ3v) is 4.40. The lowest BCUT2D eigenvalue weighted by atomic mass is 10.2. The first-order valence-electron chi connectivity index (χ1n) is 6.35. The SMILES string of the molecule is O=S(=O)(Nc1ccccc1)c1cc(-c2ccc(Cl)cc2)no1. The van der Waals surface area contributed by atoms with Crippen molar-refractivity contribution < 1.29 is 12.9 Å². The molecule has 0 unspecified atom stereocenters. The van der Waals surface area contributed by atoms with E-state index in [9.17, 15) is 8.42 Å². The van der Waals surface area contributed by atoms with E-state index in [0.29, 0.717) is 22.0 Å². The number of hydrogen-bond donors (Lipinski definition) is 1. The van der Waals surface area contributed by atoms with Crippen LogP contribution < -0.4 is 4.72 Å². The second kappa shape index (κ2) is 5.82. The topological polar surface area (TPSA) is 72.2 Å². The van der Waals surface area contributed by atoms with Gasteiger partial charge in [0.25, 0.3) is 15.1 Å². The molecule has 0 saturated carbocycles. The van der Waals surface area contributed by atoms with E-state index in [4.69, 9.17) is 16.1 Å². The third-order valence-electron chi connectivity index (χ3n) is 2.92. The Kier molecular flexibility index (Phi) is 3.87. The Morgan fingerprint density at radius 2 is 1.68 bits per heavy atom. The number of hydrogen-bond acceptors (Lipinski definition) is 4. The molecule has 0 aliphatic carbocycles. The zero-order valence-electron chi connectivity index (χ0n) is 11.2. The number of halogens is 1. The number of aromatic nitrogens is 1. The van der Waals surface area contributed by atoms with Gasteiger partial charge in [-0.25, -0.2) is 0 Å². The first-order chi connectivity index (χ1) is 10.5. The lowest BCUT2D eigenvalue weighted by molar-refractivity contribution is 0.341. The van der Waals surface area contributed by atoms with Gasteiger partial charge in [0, 0.05) is 22.3 Å². The van der Waals surface area contributed by atoms with Crippen LogP contribution in [0.15, 0.2) is 70.3 Å². The predicted molar refractivity (Wildman–Crippen MR) is 84.2 cm³/mol. The standard InChI is InChI=1S/C15H11ClN2O3S/c16-12-8-6-11(7-9-12)14-10-15(21-17-14)22(19,20)18-13-4-2-1-3-5-13/h1-10,18H. The maximum absolute atomic E-state index is 12.2. The summed E-state index contributed by atoms with van der Waals surface area (Å²) < 4.78 is 31.8. The zero-order valence-corrected chi connectivity index (χ0v) is 12.8. The van der Waals surface area contributed by atoms with Crippen LogP contribution in [0.4, 0.5) is 5.69 Å². The molecule has 0 fully saturated rings. The van der Waals surface area contributed by atoms with Gasteiger partial charge >= 0.3 is 0 Å². The monoisotopic (exact) mass is 334 g/mol. The Morgan fingerprint density at radius 1 is 1.00 bits per heavy atom. The van der Waals surface area contributed by atoms with Crippen LogP contribution in [0.1, 0.15) is 0 Å². The van der Waals surface area contributed by atoms with E-state index in [1.165, 1.54) is 6.07 Å². The molecule has 3 aromatic rings. The second-order valence-corrected chi connectivity index (χ2v) is 6.56. The summed E-state index contributed by atoms with van der Waals surface area (Å²) >= 11 is 5.82. The molecule has 112 valence electrons. The molecule has 0 aliphatic heterocycles. The van der Waals surface area contributed by atoms with Gasteiger partial charge in [-0.2, -0.15) is 8.42 Å². The lowest BCUT2D eigenvalue weighted by Gasteiger charge is -2.03. The Bertz CT molecular complexity index is 875. The van der Waals surface area contributed by atoms with Gasteiger partial charge in [0.05, 0.1) is 0 Å². The lowest BCUT2D eigenvalue weighted by Crippen LogP contribution is -2.11. The summed E-state index contributed by atoms with van der Waals surface area (Å²) in [5, 5.41) is 4.13. The highest BCUT2D eigenvalue weighted by Gasteiger charge is 2.21. The van der Waals surface area contributed by atoms with Crippen molar-refractivity contribution in [2.24, 2.45) is 0 Å². The van der Waals surface area contributed by atoms with Crippen molar-refractivity contribution in [2.45, 2.75) is 5.09 Å². The smallest absolute Gasteiger partial charge is 0.298 e. The summed E-state index contributed by atoms with van der Waals surface area (Å²) in [4.78, 5) is 0. The Hall–Kier alpha value is -2.31. The van der Waals surface area contributed by atoms with E-state index in [-0.39, 0.29) is 5.09 Å². The van der Waals surface area contributed by atoms with Crippen molar-refractivity contribution in [3.05, 3.63) is 65.7 Å². The molecule has 5 nitrogen and oxygen atoms in total. The Balaban J connectivity index is 1.88. The van der Waals surface area contributed by atoms with Gasteiger partial charge in [-0.1, -0.05) is 47.1 Å². The molecule has 1 N–H and O–H groups in total. The van der Waals surface area contributed by atoms with E-state index in [2.05, 4.69) is 9.88 Å². The van der Waals surface area contributed by atoms with Crippen LogP contribution in [0.2, 0.25) is 5.02 Å². The van der Waals surface area contributed by atoms with Crippen molar-refractivity contribution in [1.29, 1.82) is 0 Å². The molecule has 3 rings (SSSR count).